The van der Waals surface area contributed by atoms with Crippen LogP contribution >= 0.6 is 23.1 Å². The lowest BCUT2D eigenvalue weighted by molar-refractivity contribution is -0.117. The number of hydrogen-bond acceptors (Lipinski definition) is 3. The summed E-state index contributed by atoms with van der Waals surface area (Å²) < 4.78 is 1.14. The molecule has 1 aromatic rings. The quantitative estimate of drug-likeness (QED) is 0.732. The first-order valence-electron chi connectivity index (χ1n) is 3.19. The van der Waals surface area contributed by atoms with Crippen molar-refractivity contribution in [2.45, 2.75) is 16.4 Å². The Morgan fingerprint density at radius 2 is 2.55 bits per heavy atom. The number of carbonyl (C=O) groups is 1. The van der Waals surface area contributed by atoms with Gasteiger partial charge >= 0.3 is 0 Å². The highest BCUT2D eigenvalue weighted by Gasteiger charge is 2.09. The summed E-state index contributed by atoms with van der Waals surface area (Å²) in [7, 11) is 0. The Hall–Kier alpha value is -0.480. The molecule has 0 saturated carbocycles. The average Bonchev–Trinajstić information content (AvgIpc) is 2.39. The third-order valence-corrected chi connectivity index (χ3v) is 3.38. The maximum absolute atomic E-state index is 10.6. The molecule has 4 heteroatoms. The fraction of sp³-hybridized carbons (Fsp3) is 0.286. The zero-order valence-electron chi connectivity index (χ0n) is 6.11. The summed E-state index contributed by atoms with van der Waals surface area (Å²) in [6.07, 6.45) is 0. The van der Waals surface area contributed by atoms with E-state index in [2.05, 4.69) is 0 Å². The molecular weight excluding hydrogens is 178 g/mol. The Morgan fingerprint density at radius 1 is 1.82 bits per heavy atom. The summed E-state index contributed by atoms with van der Waals surface area (Å²) in [6.45, 7) is 1.81. The van der Waals surface area contributed by atoms with Gasteiger partial charge in [-0.3, -0.25) is 4.79 Å². The first-order valence-corrected chi connectivity index (χ1v) is 4.95. The molecule has 0 fully saturated rings. The predicted octanol–water partition coefficient (Wildman–Crippen LogP) is 1.71. The molecule has 1 heterocycles. The number of thioether (sulfide) groups is 1. The molecule has 1 atom stereocenters. The number of hydrogen-bond donors (Lipinski definition) is 1. The fourth-order valence-corrected chi connectivity index (χ4v) is 2.45. The van der Waals surface area contributed by atoms with Crippen molar-refractivity contribution in [1.29, 1.82) is 0 Å². The molecule has 0 radical (unpaired) electrons. The van der Waals surface area contributed by atoms with Crippen molar-refractivity contribution >= 4 is 29.0 Å². The summed E-state index contributed by atoms with van der Waals surface area (Å²) in [6, 6.07) is 3.94. The highest BCUT2D eigenvalue weighted by Crippen LogP contribution is 2.27. The number of primary amides is 1. The summed E-state index contributed by atoms with van der Waals surface area (Å²) in [5.74, 6) is -0.261. The second-order valence-corrected chi connectivity index (χ2v) is 4.68. The second-order valence-electron chi connectivity index (χ2n) is 2.09. The van der Waals surface area contributed by atoms with E-state index < -0.39 is 0 Å². The van der Waals surface area contributed by atoms with Gasteiger partial charge in [0.25, 0.3) is 0 Å². The number of amides is 1. The van der Waals surface area contributed by atoms with Crippen LogP contribution in [0, 0.1) is 0 Å². The Morgan fingerprint density at radius 3 is 3.00 bits per heavy atom. The lowest BCUT2D eigenvalue weighted by atomic mass is 10.5. The monoisotopic (exact) mass is 187 g/mol. The smallest absolute Gasteiger partial charge is 0.230 e. The maximum Gasteiger partial charge on any atom is 0.230 e. The van der Waals surface area contributed by atoms with E-state index in [4.69, 9.17) is 5.73 Å². The largest absolute Gasteiger partial charge is 0.369 e. The molecule has 1 unspecified atom stereocenters. The Balaban J connectivity index is 2.50. The third-order valence-electron chi connectivity index (χ3n) is 1.19. The van der Waals surface area contributed by atoms with Crippen LogP contribution in [-0.4, -0.2) is 11.2 Å². The van der Waals surface area contributed by atoms with Crippen molar-refractivity contribution in [2.24, 2.45) is 5.73 Å². The average molecular weight is 187 g/mol. The van der Waals surface area contributed by atoms with Gasteiger partial charge in [0.15, 0.2) is 0 Å². The summed E-state index contributed by atoms with van der Waals surface area (Å²) in [5.41, 5.74) is 5.10. The van der Waals surface area contributed by atoms with Gasteiger partial charge in [-0.25, -0.2) is 0 Å². The minimum absolute atomic E-state index is 0.131. The van der Waals surface area contributed by atoms with E-state index in [-0.39, 0.29) is 11.2 Å². The Kier molecular flexibility index (Phi) is 2.96. The van der Waals surface area contributed by atoms with Crippen LogP contribution in [0.5, 0.6) is 0 Å². The lowest BCUT2D eigenvalue weighted by Crippen LogP contribution is -2.22. The first-order chi connectivity index (χ1) is 5.20. The number of rotatable bonds is 3. The summed E-state index contributed by atoms with van der Waals surface area (Å²) in [4.78, 5) is 10.6. The molecule has 11 heavy (non-hydrogen) atoms. The van der Waals surface area contributed by atoms with E-state index in [0.717, 1.165) is 4.21 Å². The molecule has 0 aromatic carbocycles. The minimum atomic E-state index is -0.261. The molecule has 1 aromatic heterocycles. The lowest BCUT2D eigenvalue weighted by Gasteiger charge is -2.02. The highest BCUT2D eigenvalue weighted by molar-refractivity contribution is 8.02. The van der Waals surface area contributed by atoms with Crippen LogP contribution in [-0.2, 0) is 4.79 Å². The number of carbonyl (C=O) groups excluding carboxylic acids is 1. The van der Waals surface area contributed by atoms with Gasteiger partial charge in [0.05, 0.1) is 9.46 Å². The van der Waals surface area contributed by atoms with Crippen LogP contribution < -0.4 is 5.73 Å². The van der Waals surface area contributed by atoms with Crippen LogP contribution in [0.2, 0.25) is 0 Å². The van der Waals surface area contributed by atoms with Gasteiger partial charge in [-0.05, 0) is 18.4 Å². The molecule has 2 nitrogen and oxygen atoms in total. The molecular formula is C7H9NOS2. The van der Waals surface area contributed by atoms with E-state index in [1.54, 1.807) is 11.3 Å². The standard InChI is InChI=1S/C7H9NOS2/c1-5(7(8)9)11-6-3-2-4-10-6/h2-5H,1H3,(H2,8,9). The SMILES string of the molecule is CC(Sc1cccs1)C(N)=O. The third kappa shape index (κ3) is 2.55. The van der Waals surface area contributed by atoms with Gasteiger partial charge in [0.2, 0.25) is 5.91 Å². The van der Waals surface area contributed by atoms with Crippen molar-refractivity contribution in [1.82, 2.24) is 0 Å². The highest BCUT2D eigenvalue weighted by atomic mass is 32.2. The Bertz CT molecular complexity index is 233. The van der Waals surface area contributed by atoms with E-state index in [1.807, 2.05) is 24.4 Å². The zero-order chi connectivity index (χ0) is 8.27. The number of thiophene rings is 1. The second kappa shape index (κ2) is 3.78. The molecule has 0 aliphatic heterocycles. The van der Waals surface area contributed by atoms with Crippen LogP contribution in [0.4, 0.5) is 0 Å². The maximum atomic E-state index is 10.6. The normalized spacial score (nSPS) is 12.8. The zero-order valence-corrected chi connectivity index (χ0v) is 7.74. The van der Waals surface area contributed by atoms with E-state index >= 15 is 0 Å². The van der Waals surface area contributed by atoms with Gasteiger partial charge in [-0.15, -0.1) is 23.1 Å². The molecule has 0 saturated heterocycles. The Labute approximate surface area is 73.8 Å². The van der Waals surface area contributed by atoms with Crippen LogP contribution in [0.15, 0.2) is 21.7 Å². The molecule has 0 spiro atoms. The minimum Gasteiger partial charge on any atom is -0.369 e. The molecule has 60 valence electrons. The van der Waals surface area contributed by atoms with Gasteiger partial charge < -0.3 is 5.73 Å². The first kappa shape index (κ1) is 8.62. The van der Waals surface area contributed by atoms with Gasteiger partial charge in [-0.2, -0.15) is 0 Å². The molecule has 1 amide bonds. The number of nitrogens with two attached hydrogens (primary N) is 1. The molecule has 2 N–H and O–H groups in total. The van der Waals surface area contributed by atoms with Crippen molar-refractivity contribution in [3.63, 3.8) is 0 Å². The van der Waals surface area contributed by atoms with E-state index in [0.29, 0.717) is 0 Å². The van der Waals surface area contributed by atoms with E-state index in [1.165, 1.54) is 11.8 Å². The molecule has 1 rings (SSSR count). The topological polar surface area (TPSA) is 43.1 Å². The van der Waals surface area contributed by atoms with Crippen molar-refractivity contribution in [3.8, 4) is 0 Å². The van der Waals surface area contributed by atoms with Crippen molar-refractivity contribution in [3.05, 3.63) is 17.5 Å². The van der Waals surface area contributed by atoms with Gasteiger partial charge in [0, 0.05) is 0 Å². The predicted molar refractivity (Wildman–Crippen MR) is 48.8 cm³/mol. The van der Waals surface area contributed by atoms with Crippen LogP contribution in [0.1, 0.15) is 6.92 Å². The molecule has 0 aliphatic carbocycles. The summed E-state index contributed by atoms with van der Waals surface area (Å²) in [5, 5.41) is 1.85. The molecule has 0 bridgehead atoms. The van der Waals surface area contributed by atoms with Crippen molar-refractivity contribution < 1.29 is 4.79 Å². The summed E-state index contributed by atoms with van der Waals surface area (Å²) >= 11 is 3.13. The van der Waals surface area contributed by atoms with Crippen LogP contribution in [0.3, 0.4) is 0 Å². The molecule has 0 aliphatic rings. The fourth-order valence-electron chi connectivity index (χ4n) is 0.563. The van der Waals surface area contributed by atoms with Crippen LogP contribution in [0.25, 0.3) is 0 Å². The van der Waals surface area contributed by atoms with Gasteiger partial charge in [0.1, 0.15) is 0 Å². The van der Waals surface area contributed by atoms with Crippen molar-refractivity contribution in [2.75, 3.05) is 0 Å². The van der Waals surface area contributed by atoms with Gasteiger partial charge in [-0.1, -0.05) is 6.07 Å². The van der Waals surface area contributed by atoms with E-state index in [9.17, 15) is 4.79 Å².